The molecule has 0 aliphatic carbocycles. The lowest BCUT2D eigenvalue weighted by atomic mass is 10.0. The molecule has 8 nitrogen and oxygen atoms in total. The number of carbonyl (C=O) groups is 2. The number of primary amides is 1. The maximum Gasteiger partial charge on any atom is 0.243 e. The highest BCUT2D eigenvalue weighted by molar-refractivity contribution is 5.91. The van der Waals surface area contributed by atoms with Crippen LogP contribution in [0.15, 0.2) is 18.2 Å². The first-order chi connectivity index (χ1) is 12.4. The number of nitrogens with zero attached hydrogens (tertiary/aromatic N) is 1. The average Bonchev–Trinajstić information content (AvgIpc) is 2.55. The molecule has 1 heterocycles. The predicted molar refractivity (Wildman–Crippen MR) is 98.2 cm³/mol. The summed E-state index contributed by atoms with van der Waals surface area (Å²) in [5, 5.41) is 2.73. The van der Waals surface area contributed by atoms with Gasteiger partial charge in [0, 0.05) is 25.8 Å². The van der Waals surface area contributed by atoms with E-state index in [1.54, 1.807) is 25.1 Å². The summed E-state index contributed by atoms with van der Waals surface area (Å²) >= 11 is 0. The van der Waals surface area contributed by atoms with Crippen molar-refractivity contribution in [2.45, 2.75) is 46.1 Å². The largest absolute Gasteiger partial charge is 0.486 e. The fourth-order valence-electron chi connectivity index (χ4n) is 3.07. The third kappa shape index (κ3) is 4.64. The molecular formula is C18H27N3O5. The monoisotopic (exact) mass is 365 g/mol. The molecule has 3 N–H and O–H groups in total. The van der Waals surface area contributed by atoms with Gasteiger partial charge in [-0.25, -0.2) is 0 Å². The van der Waals surface area contributed by atoms with Crippen LogP contribution in [0.1, 0.15) is 27.7 Å². The van der Waals surface area contributed by atoms with Gasteiger partial charge in [0.15, 0.2) is 6.29 Å². The first kappa shape index (κ1) is 20.0. The van der Waals surface area contributed by atoms with Gasteiger partial charge in [0.25, 0.3) is 0 Å². The van der Waals surface area contributed by atoms with Crippen molar-refractivity contribution in [2.24, 2.45) is 5.73 Å². The number of rotatable bonds is 8. The fraction of sp³-hybridized carbons (Fsp3) is 0.556. The lowest BCUT2D eigenvalue weighted by Gasteiger charge is -2.42. The lowest BCUT2D eigenvalue weighted by Crippen LogP contribution is -2.57. The Morgan fingerprint density at radius 3 is 2.50 bits per heavy atom. The van der Waals surface area contributed by atoms with E-state index in [0.29, 0.717) is 36.9 Å². The molecule has 2 rings (SSSR count). The van der Waals surface area contributed by atoms with Crippen LogP contribution in [-0.2, 0) is 19.1 Å². The van der Waals surface area contributed by atoms with E-state index in [1.165, 1.54) is 6.92 Å². The third-order valence-electron chi connectivity index (χ3n) is 4.02. The Hall–Kier alpha value is -2.32. The molecule has 2 unspecified atom stereocenters. The van der Waals surface area contributed by atoms with Crippen LogP contribution in [0.25, 0.3) is 0 Å². The minimum atomic E-state index is -0.682. The molecular weight excluding hydrogens is 338 g/mol. The van der Waals surface area contributed by atoms with Crippen LogP contribution >= 0.6 is 0 Å². The van der Waals surface area contributed by atoms with Gasteiger partial charge in [-0.2, -0.15) is 0 Å². The maximum absolute atomic E-state index is 12.1. The Morgan fingerprint density at radius 1 is 1.31 bits per heavy atom. The van der Waals surface area contributed by atoms with Gasteiger partial charge in [-0.15, -0.1) is 0 Å². The molecule has 26 heavy (non-hydrogen) atoms. The van der Waals surface area contributed by atoms with E-state index in [2.05, 4.69) is 5.32 Å². The summed E-state index contributed by atoms with van der Waals surface area (Å²) in [4.78, 5) is 25.3. The van der Waals surface area contributed by atoms with E-state index in [9.17, 15) is 9.59 Å². The number of hydrogen-bond donors (Lipinski definition) is 2. The van der Waals surface area contributed by atoms with Crippen molar-refractivity contribution in [3.8, 4) is 5.75 Å². The number of carbonyl (C=O) groups excluding carboxylic acids is 2. The van der Waals surface area contributed by atoms with Gasteiger partial charge in [-0.05, 0) is 39.0 Å². The zero-order valence-corrected chi connectivity index (χ0v) is 15.7. The van der Waals surface area contributed by atoms with Crippen LogP contribution in [0.2, 0.25) is 0 Å². The first-order valence-electron chi connectivity index (χ1n) is 8.74. The molecule has 1 aromatic carbocycles. The van der Waals surface area contributed by atoms with Crippen molar-refractivity contribution in [1.29, 1.82) is 0 Å². The number of anilines is 2. The molecule has 1 aromatic rings. The molecule has 1 aliphatic rings. The summed E-state index contributed by atoms with van der Waals surface area (Å²) in [6.45, 7) is 8.24. The van der Waals surface area contributed by atoms with Crippen LogP contribution in [0.4, 0.5) is 11.4 Å². The minimum absolute atomic E-state index is 0.186. The number of ether oxygens (including phenoxy) is 3. The van der Waals surface area contributed by atoms with E-state index >= 15 is 0 Å². The van der Waals surface area contributed by atoms with Crippen molar-refractivity contribution >= 4 is 23.2 Å². The summed E-state index contributed by atoms with van der Waals surface area (Å²) in [5.41, 5.74) is 6.89. The molecule has 2 amide bonds. The number of fused-ring (bicyclic) bond motifs is 1. The molecule has 1 aliphatic heterocycles. The van der Waals surface area contributed by atoms with Gasteiger partial charge in [0.05, 0.1) is 12.2 Å². The molecule has 0 radical (unpaired) electrons. The Balaban J connectivity index is 2.42. The summed E-state index contributed by atoms with van der Waals surface area (Å²) in [6, 6.07) is 4.59. The van der Waals surface area contributed by atoms with Gasteiger partial charge >= 0.3 is 0 Å². The Labute approximate surface area is 153 Å². The topological polar surface area (TPSA) is 103 Å². The van der Waals surface area contributed by atoms with E-state index < -0.39 is 24.3 Å². The number of amides is 2. The van der Waals surface area contributed by atoms with Crippen molar-refractivity contribution in [3.05, 3.63) is 18.2 Å². The van der Waals surface area contributed by atoms with Crippen molar-refractivity contribution in [1.82, 2.24) is 0 Å². The second kappa shape index (κ2) is 8.86. The van der Waals surface area contributed by atoms with Crippen molar-refractivity contribution in [2.75, 3.05) is 30.0 Å². The van der Waals surface area contributed by atoms with Crippen LogP contribution in [0.3, 0.4) is 0 Å². The second-order valence-corrected chi connectivity index (χ2v) is 6.03. The summed E-state index contributed by atoms with van der Waals surface area (Å²) in [6.07, 6.45) is -0.954. The van der Waals surface area contributed by atoms with Gasteiger partial charge in [0.2, 0.25) is 11.8 Å². The highest BCUT2D eigenvalue weighted by Crippen LogP contribution is 2.38. The van der Waals surface area contributed by atoms with E-state index in [4.69, 9.17) is 19.9 Å². The molecule has 0 aromatic heterocycles. The summed E-state index contributed by atoms with van der Waals surface area (Å²) in [5.74, 6) is -0.0785. The van der Waals surface area contributed by atoms with Crippen LogP contribution in [-0.4, -0.2) is 50.0 Å². The SMILES string of the molecule is CCOC(CN1c2cc(NC(C)=O)ccc2OC(C)C1C(N)=O)OCC. The summed E-state index contributed by atoms with van der Waals surface area (Å²) < 4.78 is 17.1. The Kier molecular flexibility index (Phi) is 6.82. The molecule has 0 fully saturated rings. The molecule has 144 valence electrons. The van der Waals surface area contributed by atoms with Gasteiger partial charge in [-0.3, -0.25) is 9.59 Å². The third-order valence-corrected chi connectivity index (χ3v) is 4.02. The van der Waals surface area contributed by atoms with Crippen molar-refractivity contribution in [3.63, 3.8) is 0 Å². The Bertz CT molecular complexity index is 646. The summed E-state index contributed by atoms with van der Waals surface area (Å²) in [7, 11) is 0. The van der Waals surface area contributed by atoms with E-state index in [-0.39, 0.29) is 5.91 Å². The highest BCUT2D eigenvalue weighted by atomic mass is 16.7. The van der Waals surface area contributed by atoms with Gasteiger partial charge < -0.3 is 30.2 Å². The molecule has 2 atom stereocenters. The zero-order chi connectivity index (χ0) is 19.3. The van der Waals surface area contributed by atoms with Gasteiger partial charge in [-0.1, -0.05) is 0 Å². The standard InChI is InChI=1S/C18H27N3O5/c1-5-24-16(25-6-2)10-21-14-9-13(20-12(4)22)7-8-15(14)26-11(3)17(21)18(19)23/h7-9,11,16-17H,5-6,10H2,1-4H3,(H2,19,23)(H,20,22). The number of hydrogen-bond acceptors (Lipinski definition) is 6. The molecule has 0 bridgehead atoms. The first-order valence-corrected chi connectivity index (χ1v) is 8.74. The Morgan fingerprint density at radius 2 is 1.96 bits per heavy atom. The van der Waals surface area contributed by atoms with Gasteiger partial charge in [0.1, 0.15) is 17.9 Å². The smallest absolute Gasteiger partial charge is 0.243 e. The van der Waals surface area contributed by atoms with Crippen LogP contribution < -0.4 is 20.7 Å². The molecule has 0 saturated carbocycles. The predicted octanol–water partition coefficient (Wildman–Crippen LogP) is 1.49. The number of nitrogens with two attached hydrogens (primary N) is 1. The minimum Gasteiger partial charge on any atom is -0.486 e. The number of benzene rings is 1. The molecule has 0 spiro atoms. The average molecular weight is 365 g/mol. The second-order valence-electron chi connectivity index (χ2n) is 6.03. The van der Waals surface area contributed by atoms with E-state index in [1.807, 2.05) is 18.7 Å². The van der Waals surface area contributed by atoms with Crippen LogP contribution in [0, 0.1) is 0 Å². The van der Waals surface area contributed by atoms with E-state index in [0.717, 1.165) is 0 Å². The molecule has 8 heteroatoms. The zero-order valence-electron chi connectivity index (χ0n) is 15.7. The molecule has 0 saturated heterocycles. The van der Waals surface area contributed by atoms with Crippen molar-refractivity contribution < 1.29 is 23.8 Å². The highest BCUT2D eigenvalue weighted by Gasteiger charge is 2.38. The maximum atomic E-state index is 12.1. The van der Waals surface area contributed by atoms with Crippen LogP contribution in [0.5, 0.6) is 5.75 Å². The number of nitrogens with one attached hydrogen (secondary N) is 1. The lowest BCUT2D eigenvalue weighted by molar-refractivity contribution is -0.133. The fourth-order valence-corrected chi connectivity index (χ4v) is 3.07. The normalized spacial score (nSPS) is 19.0. The quantitative estimate of drug-likeness (QED) is 0.677.